The third-order valence-corrected chi connectivity index (χ3v) is 4.36. The summed E-state index contributed by atoms with van der Waals surface area (Å²) in [5.74, 6) is 1.57. The molecule has 0 aromatic carbocycles. The number of nitrogens with zero attached hydrogens (tertiary/aromatic N) is 3. The minimum Gasteiger partial charge on any atom is -0.384 e. The van der Waals surface area contributed by atoms with Crippen LogP contribution < -0.4 is 10.6 Å². The second kappa shape index (κ2) is 7.71. The number of anilines is 1. The molecule has 0 bridgehead atoms. The first-order valence-corrected chi connectivity index (χ1v) is 8.06. The van der Waals surface area contributed by atoms with Crippen LogP contribution in [0.2, 0.25) is 0 Å². The Morgan fingerprint density at radius 2 is 2.05 bits per heavy atom. The van der Waals surface area contributed by atoms with Gasteiger partial charge in [-0.05, 0) is 37.2 Å². The van der Waals surface area contributed by atoms with Gasteiger partial charge in [0.1, 0.15) is 0 Å². The number of methoxy groups -OCH3 is 1. The third kappa shape index (κ3) is 3.52. The molecular formula is C16H28N4O. The highest BCUT2D eigenvalue weighted by molar-refractivity contribution is 5.51. The fourth-order valence-electron chi connectivity index (χ4n) is 3.34. The molecule has 5 nitrogen and oxygen atoms in total. The zero-order chi connectivity index (χ0) is 15.2. The first kappa shape index (κ1) is 16.2. The van der Waals surface area contributed by atoms with Crippen molar-refractivity contribution in [3.63, 3.8) is 0 Å². The van der Waals surface area contributed by atoms with Crippen LogP contribution in [0.15, 0.2) is 0 Å². The zero-order valence-electron chi connectivity index (χ0n) is 13.6. The van der Waals surface area contributed by atoms with Crippen molar-refractivity contribution in [3.05, 3.63) is 16.8 Å². The number of piperidine rings is 1. The number of hydrogen-bond donors (Lipinski definition) is 1. The molecule has 2 heterocycles. The quantitative estimate of drug-likeness (QED) is 0.868. The third-order valence-electron chi connectivity index (χ3n) is 4.36. The van der Waals surface area contributed by atoms with Crippen molar-refractivity contribution in [1.29, 1.82) is 0 Å². The molecule has 1 unspecified atom stereocenters. The lowest BCUT2D eigenvalue weighted by Gasteiger charge is -2.34. The average molecular weight is 292 g/mol. The monoisotopic (exact) mass is 292 g/mol. The molecule has 1 atom stereocenters. The maximum absolute atomic E-state index is 6.03. The van der Waals surface area contributed by atoms with Crippen molar-refractivity contribution < 1.29 is 4.74 Å². The molecule has 2 rings (SSSR count). The summed E-state index contributed by atoms with van der Waals surface area (Å²) in [6.07, 6.45) is 4.28. The van der Waals surface area contributed by atoms with E-state index in [2.05, 4.69) is 28.9 Å². The Labute approximate surface area is 127 Å². The molecule has 1 aromatic heterocycles. The number of nitrogens with two attached hydrogens (primary N) is 1. The van der Waals surface area contributed by atoms with E-state index in [-0.39, 0.29) is 0 Å². The summed E-state index contributed by atoms with van der Waals surface area (Å²) in [4.78, 5) is 2.35. The van der Waals surface area contributed by atoms with E-state index in [0.717, 1.165) is 44.0 Å². The Bertz CT molecular complexity index is 462. The van der Waals surface area contributed by atoms with Crippen LogP contribution in [0.5, 0.6) is 0 Å². The number of rotatable bonds is 6. The van der Waals surface area contributed by atoms with E-state index in [1.807, 2.05) is 0 Å². The lowest BCUT2D eigenvalue weighted by molar-refractivity contribution is 0.143. The van der Waals surface area contributed by atoms with Gasteiger partial charge in [-0.1, -0.05) is 13.8 Å². The fourth-order valence-corrected chi connectivity index (χ4v) is 3.34. The highest BCUT2D eigenvalue weighted by atomic mass is 16.5. The molecule has 1 aliphatic heterocycles. The van der Waals surface area contributed by atoms with Gasteiger partial charge in [0.2, 0.25) is 0 Å². The minimum absolute atomic E-state index is 0.534. The molecule has 0 spiro atoms. The molecule has 21 heavy (non-hydrogen) atoms. The molecule has 118 valence electrons. The SMILES string of the molecule is CCc1nnc(N2CCCC(COC)C2)c(CN)c1CC. The lowest BCUT2D eigenvalue weighted by Crippen LogP contribution is -2.38. The van der Waals surface area contributed by atoms with E-state index in [1.165, 1.54) is 24.0 Å². The molecule has 0 amide bonds. The molecule has 0 radical (unpaired) electrons. The number of aromatic nitrogens is 2. The predicted octanol–water partition coefficient (Wildman–Crippen LogP) is 1.92. The van der Waals surface area contributed by atoms with Crippen molar-refractivity contribution >= 4 is 5.82 Å². The van der Waals surface area contributed by atoms with Crippen molar-refractivity contribution in [2.45, 2.75) is 46.1 Å². The Morgan fingerprint density at radius 1 is 1.24 bits per heavy atom. The van der Waals surface area contributed by atoms with E-state index in [9.17, 15) is 0 Å². The summed E-state index contributed by atoms with van der Waals surface area (Å²) in [6, 6.07) is 0. The van der Waals surface area contributed by atoms with E-state index < -0.39 is 0 Å². The van der Waals surface area contributed by atoms with Crippen LogP contribution in [-0.4, -0.2) is 37.0 Å². The van der Waals surface area contributed by atoms with Gasteiger partial charge in [0.15, 0.2) is 5.82 Å². The lowest BCUT2D eigenvalue weighted by atomic mass is 9.97. The van der Waals surface area contributed by atoms with Gasteiger partial charge >= 0.3 is 0 Å². The number of aryl methyl sites for hydroxylation is 1. The topological polar surface area (TPSA) is 64.3 Å². The molecule has 1 saturated heterocycles. The molecule has 2 N–H and O–H groups in total. The van der Waals surface area contributed by atoms with Crippen LogP contribution in [0.1, 0.15) is 43.5 Å². The van der Waals surface area contributed by atoms with Crippen LogP contribution in [-0.2, 0) is 24.1 Å². The van der Waals surface area contributed by atoms with Crippen molar-refractivity contribution in [3.8, 4) is 0 Å². The second-order valence-corrected chi connectivity index (χ2v) is 5.75. The van der Waals surface area contributed by atoms with Gasteiger partial charge in [-0.3, -0.25) is 0 Å². The summed E-state index contributed by atoms with van der Waals surface area (Å²) in [5, 5.41) is 8.95. The maximum Gasteiger partial charge on any atom is 0.156 e. The largest absolute Gasteiger partial charge is 0.384 e. The van der Waals surface area contributed by atoms with Crippen LogP contribution in [0.25, 0.3) is 0 Å². The molecule has 5 heteroatoms. The van der Waals surface area contributed by atoms with Gasteiger partial charge in [-0.15, -0.1) is 5.10 Å². The van der Waals surface area contributed by atoms with E-state index in [4.69, 9.17) is 10.5 Å². The van der Waals surface area contributed by atoms with Crippen LogP contribution in [0, 0.1) is 5.92 Å². The summed E-state index contributed by atoms with van der Waals surface area (Å²) in [5.41, 5.74) is 9.59. The van der Waals surface area contributed by atoms with Crippen LogP contribution in [0.4, 0.5) is 5.82 Å². The predicted molar refractivity (Wildman–Crippen MR) is 85.5 cm³/mol. The van der Waals surface area contributed by atoms with Gasteiger partial charge in [-0.25, -0.2) is 0 Å². The standard InChI is InChI=1S/C16H28N4O/c1-4-13-14(9-17)16(19-18-15(13)5-2)20-8-6-7-12(10-20)11-21-3/h12H,4-11,17H2,1-3H3. The Morgan fingerprint density at radius 3 is 2.67 bits per heavy atom. The highest BCUT2D eigenvalue weighted by Crippen LogP contribution is 2.27. The fraction of sp³-hybridized carbons (Fsp3) is 0.750. The van der Waals surface area contributed by atoms with Crippen LogP contribution >= 0.6 is 0 Å². The van der Waals surface area contributed by atoms with Gasteiger partial charge in [0.05, 0.1) is 12.3 Å². The smallest absolute Gasteiger partial charge is 0.156 e. The van der Waals surface area contributed by atoms with Crippen LogP contribution in [0.3, 0.4) is 0 Å². The summed E-state index contributed by atoms with van der Waals surface area (Å²) < 4.78 is 5.32. The molecule has 0 aliphatic carbocycles. The van der Waals surface area contributed by atoms with Gasteiger partial charge in [-0.2, -0.15) is 5.10 Å². The zero-order valence-corrected chi connectivity index (χ0v) is 13.6. The highest BCUT2D eigenvalue weighted by Gasteiger charge is 2.24. The first-order valence-electron chi connectivity index (χ1n) is 8.06. The van der Waals surface area contributed by atoms with Gasteiger partial charge in [0, 0.05) is 32.3 Å². The van der Waals surface area contributed by atoms with Crippen molar-refractivity contribution in [2.24, 2.45) is 11.7 Å². The summed E-state index contributed by atoms with van der Waals surface area (Å²) in [6.45, 7) is 7.67. The summed E-state index contributed by atoms with van der Waals surface area (Å²) in [7, 11) is 1.77. The molecule has 1 aromatic rings. The normalized spacial score (nSPS) is 19.0. The Hall–Kier alpha value is -1.20. The van der Waals surface area contributed by atoms with Crippen molar-refractivity contribution in [1.82, 2.24) is 10.2 Å². The van der Waals surface area contributed by atoms with E-state index >= 15 is 0 Å². The van der Waals surface area contributed by atoms with Crippen molar-refractivity contribution in [2.75, 3.05) is 31.7 Å². The maximum atomic E-state index is 6.03. The minimum atomic E-state index is 0.534. The average Bonchev–Trinajstić information content (AvgIpc) is 2.53. The Kier molecular flexibility index (Phi) is 5.94. The molecule has 0 saturated carbocycles. The van der Waals surface area contributed by atoms with Gasteiger partial charge in [0.25, 0.3) is 0 Å². The molecular weight excluding hydrogens is 264 g/mol. The molecule has 1 aliphatic rings. The Balaban J connectivity index is 2.30. The van der Waals surface area contributed by atoms with E-state index in [0.29, 0.717) is 12.5 Å². The van der Waals surface area contributed by atoms with E-state index in [1.54, 1.807) is 7.11 Å². The summed E-state index contributed by atoms with van der Waals surface area (Å²) >= 11 is 0. The second-order valence-electron chi connectivity index (χ2n) is 5.75. The first-order chi connectivity index (χ1) is 10.2. The number of ether oxygens (including phenoxy) is 1. The van der Waals surface area contributed by atoms with Gasteiger partial charge < -0.3 is 15.4 Å². The molecule has 1 fully saturated rings. The number of hydrogen-bond acceptors (Lipinski definition) is 5.